The molecule has 0 fully saturated rings. The van der Waals surface area contributed by atoms with E-state index in [9.17, 15) is 27.2 Å². The van der Waals surface area contributed by atoms with Gasteiger partial charge in [0.1, 0.15) is 23.0 Å². The molecule has 0 saturated carbocycles. The summed E-state index contributed by atoms with van der Waals surface area (Å²) in [6.45, 7) is -0.595. The third-order valence-electron chi connectivity index (χ3n) is 4.24. The first-order chi connectivity index (χ1) is 15.1. The minimum absolute atomic E-state index is 0.110. The molecule has 0 aliphatic heterocycles. The number of aromatic nitrogens is 2. The fourth-order valence-electron chi connectivity index (χ4n) is 2.73. The lowest BCUT2D eigenvalue weighted by Gasteiger charge is -2.20. The number of carbonyl (C=O) groups excluding carboxylic acids is 1. The van der Waals surface area contributed by atoms with Crippen molar-refractivity contribution < 1.29 is 37.0 Å². The van der Waals surface area contributed by atoms with E-state index in [4.69, 9.17) is 9.84 Å². The average Bonchev–Trinajstić information content (AvgIpc) is 2.76. The molecule has 0 aliphatic rings. The van der Waals surface area contributed by atoms with Gasteiger partial charge in [-0.05, 0) is 42.0 Å². The Kier molecular flexibility index (Phi) is 6.67. The van der Waals surface area contributed by atoms with Crippen LogP contribution in [0.5, 0.6) is 5.75 Å². The highest BCUT2D eigenvalue weighted by Crippen LogP contribution is 2.31. The van der Waals surface area contributed by atoms with Gasteiger partial charge in [0.05, 0.1) is 17.8 Å². The minimum Gasteiger partial charge on any atom is -0.480 e. The third-order valence-corrected chi connectivity index (χ3v) is 4.24. The van der Waals surface area contributed by atoms with Crippen LogP contribution in [0.4, 0.5) is 17.6 Å². The van der Waals surface area contributed by atoms with Crippen molar-refractivity contribution in [2.24, 2.45) is 0 Å². The molecule has 3 rings (SSSR count). The summed E-state index contributed by atoms with van der Waals surface area (Å²) < 4.78 is 57.9. The van der Waals surface area contributed by atoms with Crippen molar-refractivity contribution in [2.75, 3.05) is 6.61 Å². The van der Waals surface area contributed by atoms with Gasteiger partial charge in [0.2, 0.25) is 0 Å². The van der Waals surface area contributed by atoms with E-state index < -0.39 is 42.1 Å². The SMILES string of the molecule is O=C(O)COc1ccc(C(=O)NC(c2ccc(C(F)(F)F)cc2)c2ncccc2F)nc1. The van der Waals surface area contributed by atoms with Crippen molar-refractivity contribution in [3.8, 4) is 5.75 Å². The zero-order valence-electron chi connectivity index (χ0n) is 16.1. The van der Waals surface area contributed by atoms with Gasteiger partial charge in [-0.15, -0.1) is 0 Å². The zero-order valence-corrected chi connectivity index (χ0v) is 16.1. The molecule has 11 heteroatoms. The number of pyridine rings is 2. The predicted molar refractivity (Wildman–Crippen MR) is 102 cm³/mol. The highest BCUT2D eigenvalue weighted by Gasteiger charge is 2.31. The smallest absolute Gasteiger partial charge is 0.416 e. The molecule has 2 N–H and O–H groups in total. The highest BCUT2D eigenvalue weighted by molar-refractivity contribution is 5.92. The predicted octanol–water partition coefficient (Wildman–Crippen LogP) is 3.62. The molecule has 0 spiro atoms. The summed E-state index contributed by atoms with van der Waals surface area (Å²) in [6.07, 6.45) is -2.14. The number of carboxylic acid groups (broad SMARTS) is 1. The lowest BCUT2D eigenvalue weighted by atomic mass is 10.0. The molecule has 32 heavy (non-hydrogen) atoms. The number of halogens is 4. The van der Waals surface area contributed by atoms with Crippen molar-refractivity contribution in [3.63, 3.8) is 0 Å². The largest absolute Gasteiger partial charge is 0.480 e. The molecule has 1 unspecified atom stereocenters. The Bertz CT molecular complexity index is 1100. The van der Waals surface area contributed by atoms with Gasteiger partial charge >= 0.3 is 12.1 Å². The highest BCUT2D eigenvalue weighted by atomic mass is 19.4. The maximum absolute atomic E-state index is 14.4. The number of aliphatic carboxylic acids is 1. The van der Waals surface area contributed by atoms with Crippen molar-refractivity contribution in [2.45, 2.75) is 12.2 Å². The van der Waals surface area contributed by atoms with E-state index in [2.05, 4.69) is 15.3 Å². The molecule has 1 aromatic carbocycles. The van der Waals surface area contributed by atoms with Crippen LogP contribution in [0.15, 0.2) is 60.9 Å². The monoisotopic (exact) mass is 449 g/mol. The Morgan fingerprint density at radius 3 is 2.34 bits per heavy atom. The molecule has 2 heterocycles. The lowest BCUT2D eigenvalue weighted by molar-refractivity contribution is -0.139. The second kappa shape index (κ2) is 9.41. The summed E-state index contributed by atoms with van der Waals surface area (Å²) in [4.78, 5) is 31.0. The maximum atomic E-state index is 14.4. The van der Waals surface area contributed by atoms with Crippen molar-refractivity contribution >= 4 is 11.9 Å². The van der Waals surface area contributed by atoms with E-state index in [-0.39, 0.29) is 22.7 Å². The van der Waals surface area contributed by atoms with E-state index in [0.717, 1.165) is 36.5 Å². The first-order valence-corrected chi connectivity index (χ1v) is 9.04. The standard InChI is InChI=1S/C21H15F4N3O4/c22-15-2-1-9-26-19(15)18(12-3-5-13(6-4-12)21(23,24)25)28-20(31)16-8-7-14(10-27-16)32-11-17(29)30/h1-10,18H,11H2,(H,28,31)(H,29,30). The van der Waals surface area contributed by atoms with Crippen LogP contribution in [0.25, 0.3) is 0 Å². The molecular weight excluding hydrogens is 434 g/mol. The van der Waals surface area contributed by atoms with Crippen LogP contribution >= 0.6 is 0 Å². The van der Waals surface area contributed by atoms with Gasteiger partial charge in [0, 0.05) is 6.20 Å². The summed E-state index contributed by atoms with van der Waals surface area (Å²) in [7, 11) is 0. The number of nitrogens with one attached hydrogen (secondary N) is 1. The second-order valence-electron chi connectivity index (χ2n) is 6.46. The first kappa shape index (κ1) is 22.7. The number of carbonyl (C=O) groups is 2. The summed E-state index contributed by atoms with van der Waals surface area (Å²) in [5, 5.41) is 11.1. The molecule has 0 bridgehead atoms. The topological polar surface area (TPSA) is 101 Å². The first-order valence-electron chi connectivity index (χ1n) is 9.04. The van der Waals surface area contributed by atoms with E-state index in [1.165, 1.54) is 24.4 Å². The van der Waals surface area contributed by atoms with Crippen molar-refractivity contribution in [3.05, 3.63) is 89.3 Å². The number of ether oxygens (including phenoxy) is 1. The molecule has 0 aliphatic carbocycles. The van der Waals surface area contributed by atoms with E-state index in [1.807, 2.05) is 0 Å². The fraction of sp³-hybridized carbons (Fsp3) is 0.143. The van der Waals surface area contributed by atoms with Crippen LogP contribution in [0.3, 0.4) is 0 Å². The normalized spacial score (nSPS) is 12.1. The molecule has 0 radical (unpaired) electrons. The number of benzene rings is 1. The summed E-state index contributed by atoms with van der Waals surface area (Å²) in [5.74, 6) is -2.60. The number of nitrogens with zero attached hydrogens (tertiary/aromatic N) is 2. The Morgan fingerprint density at radius 1 is 1.06 bits per heavy atom. The van der Waals surface area contributed by atoms with E-state index >= 15 is 0 Å². The zero-order chi connectivity index (χ0) is 23.3. The van der Waals surface area contributed by atoms with Gasteiger partial charge < -0.3 is 15.2 Å². The molecule has 0 saturated heterocycles. The van der Waals surface area contributed by atoms with Crippen LogP contribution in [-0.2, 0) is 11.0 Å². The van der Waals surface area contributed by atoms with Crippen LogP contribution in [0.1, 0.15) is 33.4 Å². The van der Waals surface area contributed by atoms with Crippen LogP contribution < -0.4 is 10.1 Å². The Hall–Kier alpha value is -4.02. The number of amides is 1. The van der Waals surface area contributed by atoms with E-state index in [0.29, 0.717) is 0 Å². The molecule has 7 nitrogen and oxygen atoms in total. The van der Waals surface area contributed by atoms with Gasteiger partial charge in [0.15, 0.2) is 6.61 Å². The van der Waals surface area contributed by atoms with E-state index in [1.54, 1.807) is 0 Å². The number of rotatable bonds is 7. The second-order valence-corrected chi connectivity index (χ2v) is 6.46. The number of alkyl halides is 3. The van der Waals surface area contributed by atoms with Crippen LogP contribution in [0.2, 0.25) is 0 Å². The fourth-order valence-corrected chi connectivity index (χ4v) is 2.73. The van der Waals surface area contributed by atoms with Gasteiger partial charge in [-0.2, -0.15) is 13.2 Å². The molecule has 1 amide bonds. The van der Waals surface area contributed by atoms with Crippen molar-refractivity contribution in [1.82, 2.24) is 15.3 Å². The molecule has 166 valence electrons. The maximum Gasteiger partial charge on any atom is 0.416 e. The molecular formula is C21H15F4N3O4. The summed E-state index contributed by atoms with van der Waals surface area (Å²) in [6, 6.07) is 7.71. The lowest BCUT2D eigenvalue weighted by Crippen LogP contribution is -2.31. The molecule has 1 atom stereocenters. The Morgan fingerprint density at radius 2 is 1.78 bits per heavy atom. The average molecular weight is 449 g/mol. The van der Waals surface area contributed by atoms with Crippen molar-refractivity contribution in [1.29, 1.82) is 0 Å². The Labute approximate surface area is 178 Å². The number of carboxylic acids is 1. The molecule has 3 aromatic rings. The van der Waals surface area contributed by atoms with Gasteiger partial charge in [-0.3, -0.25) is 9.78 Å². The minimum atomic E-state index is -4.55. The number of hydrogen-bond donors (Lipinski definition) is 2. The third kappa shape index (κ3) is 5.56. The van der Waals surface area contributed by atoms with Gasteiger partial charge in [0.25, 0.3) is 5.91 Å². The summed E-state index contributed by atoms with van der Waals surface area (Å²) >= 11 is 0. The van der Waals surface area contributed by atoms with Crippen LogP contribution in [-0.4, -0.2) is 33.6 Å². The van der Waals surface area contributed by atoms with Gasteiger partial charge in [-0.25, -0.2) is 14.2 Å². The quantitative estimate of drug-likeness (QED) is 0.535. The van der Waals surface area contributed by atoms with Crippen LogP contribution in [0, 0.1) is 5.82 Å². The number of hydrogen-bond acceptors (Lipinski definition) is 5. The summed E-state index contributed by atoms with van der Waals surface area (Å²) in [5.41, 5.74) is -1.03. The van der Waals surface area contributed by atoms with Gasteiger partial charge in [-0.1, -0.05) is 12.1 Å². The molecule has 2 aromatic heterocycles. The Balaban J connectivity index is 1.87.